The van der Waals surface area contributed by atoms with Crippen molar-refractivity contribution < 1.29 is 12.8 Å². The van der Waals surface area contributed by atoms with Crippen molar-refractivity contribution in [3.05, 3.63) is 63.9 Å². The van der Waals surface area contributed by atoms with Crippen LogP contribution < -0.4 is 0 Å². The summed E-state index contributed by atoms with van der Waals surface area (Å²) in [6, 6.07) is 10.8. The van der Waals surface area contributed by atoms with E-state index >= 15 is 0 Å². The number of nitrogens with zero attached hydrogens (tertiary/aromatic N) is 2. The molecule has 0 radical (unpaired) electrons. The molecule has 1 heterocycles. The third-order valence-corrected chi connectivity index (χ3v) is 6.78. The summed E-state index contributed by atoms with van der Waals surface area (Å²) in [5.41, 5.74) is 0.996. The molecule has 0 spiro atoms. The molecule has 2 aromatic carbocycles. The summed E-state index contributed by atoms with van der Waals surface area (Å²) in [6.45, 7) is 2.58. The Morgan fingerprint density at radius 2 is 1.58 bits per heavy atom. The topological polar surface area (TPSA) is 40.6 Å². The van der Waals surface area contributed by atoms with Gasteiger partial charge in [0.25, 0.3) is 0 Å². The van der Waals surface area contributed by atoms with E-state index in [0.717, 1.165) is 5.56 Å². The van der Waals surface area contributed by atoms with Gasteiger partial charge in [-0.3, -0.25) is 4.90 Å². The van der Waals surface area contributed by atoms with Crippen LogP contribution in [0.1, 0.15) is 5.56 Å². The minimum atomic E-state index is -3.68. The fraction of sp³-hybridized carbons (Fsp3) is 0.294. The van der Waals surface area contributed by atoms with E-state index in [1.54, 1.807) is 18.2 Å². The molecule has 0 atom stereocenters. The second-order valence-corrected chi connectivity index (χ2v) is 8.63. The zero-order valence-corrected chi connectivity index (χ0v) is 16.9. The Balaban J connectivity index is 0.00000243. The molecule has 0 amide bonds. The highest BCUT2D eigenvalue weighted by Crippen LogP contribution is 2.28. The molecule has 142 valence electrons. The molecule has 0 bridgehead atoms. The number of rotatable bonds is 4. The maximum Gasteiger partial charge on any atom is 0.244 e. The molecule has 4 nitrogen and oxygen atoms in total. The first-order chi connectivity index (χ1) is 11.9. The average molecular weight is 440 g/mol. The monoisotopic (exact) mass is 438 g/mol. The second kappa shape index (κ2) is 8.87. The van der Waals surface area contributed by atoms with E-state index in [-0.39, 0.29) is 28.1 Å². The van der Waals surface area contributed by atoms with Crippen LogP contribution in [0.4, 0.5) is 4.39 Å². The van der Waals surface area contributed by atoms with Crippen LogP contribution in [0.15, 0.2) is 47.4 Å². The fourth-order valence-corrected chi connectivity index (χ4v) is 4.95. The van der Waals surface area contributed by atoms with Gasteiger partial charge < -0.3 is 0 Å². The summed E-state index contributed by atoms with van der Waals surface area (Å²) in [5.74, 6) is -0.266. The van der Waals surface area contributed by atoms with E-state index in [0.29, 0.717) is 37.7 Å². The molecule has 1 saturated heterocycles. The van der Waals surface area contributed by atoms with Crippen LogP contribution >= 0.6 is 35.6 Å². The lowest BCUT2D eigenvalue weighted by Gasteiger charge is -2.34. The van der Waals surface area contributed by atoms with Crippen molar-refractivity contribution in [1.82, 2.24) is 9.21 Å². The zero-order valence-electron chi connectivity index (χ0n) is 13.7. The summed E-state index contributed by atoms with van der Waals surface area (Å²) in [6.07, 6.45) is 0. The summed E-state index contributed by atoms with van der Waals surface area (Å²) in [7, 11) is -3.68. The fourth-order valence-electron chi connectivity index (χ4n) is 2.79. The molecule has 3 rings (SSSR count). The Morgan fingerprint density at radius 3 is 2.19 bits per heavy atom. The van der Waals surface area contributed by atoms with Crippen molar-refractivity contribution in [2.45, 2.75) is 11.4 Å². The normalized spacial score (nSPS) is 16.3. The van der Waals surface area contributed by atoms with Crippen molar-refractivity contribution in [3.63, 3.8) is 0 Å². The molecule has 0 unspecified atom stereocenters. The predicted molar refractivity (Wildman–Crippen MR) is 104 cm³/mol. The third kappa shape index (κ3) is 4.88. The molecule has 26 heavy (non-hydrogen) atoms. The third-order valence-electron chi connectivity index (χ3n) is 4.16. The van der Waals surface area contributed by atoms with Crippen molar-refractivity contribution in [2.24, 2.45) is 0 Å². The lowest BCUT2D eigenvalue weighted by molar-refractivity contribution is 0.181. The summed E-state index contributed by atoms with van der Waals surface area (Å²) < 4.78 is 40.0. The Labute approximate surface area is 169 Å². The highest BCUT2D eigenvalue weighted by Gasteiger charge is 2.30. The smallest absolute Gasteiger partial charge is 0.244 e. The maximum absolute atomic E-state index is 13.0. The van der Waals surface area contributed by atoms with E-state index < -0.39 is 10.0 Å². The maximum atomic E-state index is 13.0. The van der Waals surface area contributed by atoms with E-state index in [2.05, 4.69) is 4.90 Å². The first-order valence-corrected chi connectivity index (χ1v) is 9.98. The summed E-state index contributed by atoms with van der Waals surface area (Å²) >= 11 is 12.0. The van der Waals surface area contributed by atoms with E-state index in [9.17, 15) is 12.8 Å². The van der Waals surface area contributed by atoms with Crippen molar-refractivity contribution >= 4 is 45.6 Å². The molecule has 1 aliphatic rings. The van der Waals surface area contributed by atoms with Crippen molar-refractivity contribution in [1.29, 1.82) is 0 Å². The molecule has 0 aliphatic carbocycles. The predicted octanol–water partition coefficient (Wildman–Crippen LogP) is 4.06. The molecule has 0 saturated carbocycles. The number of halogens is 4. The minimum Gasteiger partial charge on any atom is -0.296 e. The van der Waals surface area contributed by atoms with Gasteiger partial charge in [0.05, 0.1) is 5.02 Å². The molecule has 2 aromatic rings. The Bertz CT molecular complexity index is 855. The van der Waals surface area contributed by atoms with E-state index in [1.807, 2.05) is 0 Å². The Morgan fingerprint density at radius 1 is 0.962 bits per heavy atom. The van der Waals surface area contributed by atoms with E-state index in [1.165, 1.54) is 28.6 Å². The summed E-state index contributed by atoms with van der Waals surface area (Å²) in [4.78, 5) is 2.17. The van der Waals surface area contributed by atoms with Crippen LogP contribution in [0, 0.1) is 5.82 Å². The van der Waals surface area contributed by atoms with Gasteiger partial charge in [0.1, 0.15) is 10.7 Å². The van der Waals surface area contributed by atoms with Gasteiger partial charge in [0.2, 0.25) is 10.0 Å². The quantitative estimate of drug-likeness (QED) is 0.721. The van der Waals surface area contributed by atoms with Gasteiger partial charge in [-0.25, -0.2) is 12.8 Å². The molecule has 1 fully saturated rings. The van der Waals surface area contributed by atoms with Crippen molar-refractivity contribution in [2.75, 3.05) is 26.2 Å². The van der Waals surface area contributed by atoms with Gasteiger partial charge in [-0.1, -0.05) is 35.3 Å². The van der Waals surface area contributed by atoms with Gasteiger partial charge in [-0.15, -0.1) is 12.4 Å². The van der Waals surface area contributed by atoms with Crippen LogP contribution in [-0.2, 0) is 16.6 Å². The highest BCUT2D eigenvalue weighted by molar-refractivity contribution is 7.89. The SMILES string of the molecule is Cl.O=S(=O)(c1cc(Cl)ccc1Cl)N1CCN(Cc2ccc(F)cc2)CC1. The first kappa shape index (κ1) is 21.4. The van der Waals surface area contributed by atoms with Gasteiger partial charge in [-0.05, 0) is 35.9 Å². The molecular weight excluding hydrogens is 422 g/mol. The minimum absolute atomic E-state index is 0. The Hall–Kier alpha value is -0.890. The molecule has 1 aliphatic heterocycles. The van der Waals surface area contributed by atoms with Crippen LogP contribution in [0.3, 0.4) is 0 Å². The van der Waals surface area contributed by atoms with Gasteiger partial charge in [0.15, 0.2) is 0 Å². The van der Waals surface area contributed by atoms with Crippen molar-refractivity contribution in [3.8, 4) is 0 Å². The van der Waals surface area contributed by atoms with Crippen LogP contribution in [0.5, 0.6) is 0 Å². The number of piperazine rings is 1. The van der Waals surface area contributed by atoms with Crippen LogP contribution in [0.2, 0.25) is 10.0 Å². The average Bonchev–Trinajstić information content (AvgIpc) is 2.59. The van der Waals surface area contributed by atoms with Gasteiger partial charge >= 0.3 is 0 Å². The second-order valence-electron chi connectivity index (χ2n) is 5.88. The number of hydrogen-bond donors (Lipinski definition) is 0. The number of benzene rings is 2. The number of hydrogen-bond acceptors (Lipinski definition) is 3. The summed E-state index contributed by atoms with van der Waals surface area (Å²) in [5, 5.41) is 0.496. The van der Waals surface area contributed by atoms with Gasteiger partial charge in [-0.2, -0.15) is 4.31 Å². The van der Waals surface area contributed by atoms with Gasteiger partial charge in [0, 0.05) is 37.7 Å². The molecule has 0 aromatic heterocycles. The standard InChI is InChI=1S/C17H17Cl2FN2O2S.ClH/c18-14-3-6-16(19)17(11-14)25(23,24)22-9-7-21(8-10-22)12-13-1-4-15(20)5-2-13;/h1-6,11H,7-10,12H2;1H. The molecular formula is C17H18Cl3FN2O2S. The van der Waals surface area contributed by atoms with Crippen LogP contribution in [-0.4, -0.2) is 43.8 Å². The lowest BCUT2D eigenvalue weighted by atomic mass is 10.2. The molecule has 9 heteroatoms. The first-order valence-electron chi connectivity index (χ1n) is 7.78. The number of sulfonamides is 1. The molecule has 0 N–H and O–H groups in total. The zero-order chi connectivity index (χ0) is 18.0. The van der Waals surface area contributed by atoms with Crippen LogP contribution in [0.25, 0.3) is 0 Å². The lowest BCUT2D eigenvalue weighted by Crippen LogP contribution is -2.48. The Kier molecular flexibility index (Phi) is 7.30. The highest BCUT2D eigenvalue weighted by atomic mass is 35.5. The largest absolute Gasteiger partial charge is 0.296 e. The van der Waals surface area contributed by atoms with E-state index in [4.69, 9.17) is 23.2 Å².